The highest BCUT2D eigenvalue weighted by Crippen LogP contribution is 2.38. The molecule has 0 aliphatic rings. The summed E-state index contributed by atoms with van der Waals surface area (Å²) in [6.07, 6.45) is 1.81. The zero-order chi connectivity index (χ0) is 26.2. The van der Waals surface area contributed by atoms with Gasteiger partial charge in [-0.1, -0.05) is 97.1 Å². The first-order chi connectivity index (χ1) is 19.3. The van der Waals surface area contributed by atoms with E-state index < -0.39 is 0 Å². The van der Waals surface area contributed by atoms with E-state index in [4.69, 9.17) is 4.98 Å². The van der Waals surface area contributed by atoms with Gasteiger partial charge in [0.25, 0.3) is 0 Å². The van der Waals surface area contributed by atoms with Crippen molar-refractivity contribution in [3.05, 3.63) is 140 Å². The van der Waals surface area contributed by atoms with Crippen LogP contribution in [0.3, 0.4) is 0 Å². The van der Waals surface area contributed by atoms with Gasteiger partial charge in [0.1, 0.15) is 12.2 Å². The van der Waals surface area contributed by atoms with Gasteiger partial charge in [-0.3, -0.25) is 9.13 Å². The fourth-order valence-corrected chi connectivity index (χ4v) is 5.34. The predicted octanol–water partition coefficient (Wildman–Crippen LogP) is 7.92. The molecule has 7 rings (SSSR count). The number of hydrogen-bond acceptors (Lipinski definition) is 3. The minimum absolute atomic E-state index is 0.774. The number of benzene rings is 5. The lowest BCUT2D eigenvalue weighted by molar-refractivity contribution is 1.00. The Morgan fingerprint density at radius 2 is 1.21 bits per heavy atom. The van der Waals surface area contributed by atoms with Gasteiger partial charge in [0.2, 0.25) is 0 Å². The molecule has 0 saturated heterocycles. The molecular weight excluding hydrogens is 478 g/mol. The summed E-state index contributed by atoms with van der Waals surface area (Å²) >= 11 is 0. The maximum absolute atomic E-state index is 4.82. The van der Waals surface area contributed by atoms with Crippen LogP contribution in [-0.4, -0.2) is 24.3 Å². The molecule has 0 fully saturated rings. The minimum atomic E-state index is 0.774. The van der Waals surface area contributed by atoms with E-state index >= 15 is 0 Å². The Labute approximate surface area is 226 Å². The van der Waals surface area contributed by atoms with Gasteiger partial charge in [-0.15, -0.1) is 10.2 Å². The summed E-state index contributed by atoms with van der Waals surface area (Å²) in [7, 11) is 0. The van der Waals surface area contributed by atoms with E-state index in [1.165, 1.54) is 0 Å². The van der Waals surface area contributed by atoms with Gasteiger partial charge in [0.05, 0.1) is 16.7 Å². The highest BCUT2D eigenvalue weighted by molar-refractivity contribution is 5.88. The lowest BCUT2D eigenvalue weighted by Gasteiger charge is -2.18. The third-order valence-electron chi connectivity index (χ3n) is 7.09. The topological polar surface area (TPSA) is 48.5 Å². The van der Waals surface area contributed by atoms with Crippen molar-refractivity contribution in [1.29, 1.82) is 0 Å². The summed E-state index contributed by atoms with van der Waals surface area (Å²) in [5.41, 5.74) is 9.58. The van der Waals surface area contributed by atoms with Crippen molar-refractivity contribution in [2.24, 2.45) is 0 Å². The summed E-state index contributed by atoms with van der Waals surface area (Å²) in [5.74, 6) is 1.71. The molecule has 5 aromatic carbocycles. The fourth-order valence-electron chi connectivity index (χ4n) is 5.34. The summed E-state index contributed by atoms with van der Waals surface area (Å²) < 4.78 is 4.30. The van der Waals surface area contributed by atoms with Crippen LogP contribution in [0.2, 0.25) is 0 Å². The van der Waals surface area contributed by atoms with Crippen LogP contribution in [0.15, 0.2) is 134 Å². The van der Waals surface area contributed by atoms with Crippen LogP contribution in [0, 0.1) is 6.92 Å². The van der Waals surface area contributed by atoms with E-state index in [1.807, 2.05) is 43.6 Å². The number of rotatable bonds is 5. The molecule has 5 nitrogen and oxygen atoms in total. The molecule has 0 unspecified atom stereocenters. The van der Waals surface area contributed by atoms with Crippen molar-refractivity contribution >= 4 is 11.0 Å². The molecule has 0 spiro atoms. The van der Waals surface area contributed by atoms with Gasteiger partial charge in [0.15, 0.2) is 5.82 Å². The third-order valence-corrected chi connectivity index (χ3v) is 7.09. The number of hydrogen-bond donors (Lipinski definition) is 0. The third kappa shape index (κ3) is 4.01. The molecule has 5 heteroatoms. The Morgan fingerprint density at radius 1 is 0.590 bits per heavy atom. The monoisotopic (exact) mass is 503 g/mol. The highest BCUT2D eigenvalue weighted by Gasteiger charge is 2.19. The molecule has 0 aliphatic heterocycles. The first-order valence-corrected chi connectivity index (χ1v) is 13.0. The smallest absolute Gasteiger partial charge is 0.168 e. The average Bonchev–Trinajstić information content (AvgIpc) is 3.61. The van der Waals surface area contributed by atoms with Crippen molar-refractivity contribution in [3.63, 3.8) is 0 Å². The van der Waals surface area contributed by atoms with Gasteiger partial charge in [0, 0.05) is 22.4 Å². The quantitative estimate of drug-likeness (QED) is 0.240. The Hall–Kier alpha value is -5.29. The summed E-state index contributed by atoms with van der Waals surface area (Å²) in [4.78, 5) is 4.82. The Kier molecular flexibility index (Phi) is 5.60. The number of fused-ring (bicyclic) bond motifs is 1. The largest absolute Gasteiger partial charge is 0.297 e. The van der Waals surface area contributed by atoms with E-state index in [-0.39, 0.29) is 0 Å². The molecule has 0 N–H and O–H groups in total. The maximum Gasteiger partial charge on any atom is 0.168 e. The zero-order valence-corrected chi connectivity index (χ0v) is 21.4. The molecule has 2 heterocycles. The normalized spacial score (nSPS) is 11.2. The van der Waals surface area contributed by atoms with E-state index in [1.54, 1.807) is 0 Å². The average molecular weight is 504 g/mol. The van der Waals surface area contributed by atoms with Gasteiger partial charge >= 0.3 is 0 Å². The van der Waals surface area contributed by atoms with E-state index in [0.717, 1.165) is 61.9 Å². The van der Waals surface area contributed by atoms with Crippen LogP contribution in [0.25, 0.3) is 56.0 Å². The van der Waals surface area contributed by atoms with Crippen molar-refractivity contribution in [2.45, 2.75) is 6.92 Å². The maximum atomic E-state index is 4.82. The predicted molar refractivity (Wildman–Crippen MR) is 157 cm³/mol. The number of imidazole rings is 1. The zero-order valence-electron chi connectivity index (χ0n) is 21.4. The highest BCUT2D eigenvalue weighted by atomic mass is 15.3. The van der Waals surface area contributed by atoms with Gasteiger partial charge in [-0.25, -0.2) is 4.98 Å². The van der Waals surface area contributed by atoms with Crippen LogP contribution in [0.4, 0.5) is 0 Å². The molecule has 7 aromatic rings. The number of aromatic nitrogens is 5. The molecule has 0 radical (unpaired) electrons. The number of nitrogens with zero attached hydrogens (tertiary/aromatic N) is 5. The van der Waals surface area contributed by atoms with Gasteiger partial charge in [-0.2, -0.15) is 0 Å². The Bertz CT molecular complexity index is 1840. The first-order valence-electron chi connectivity index (χ1n) is 13.0. The van der Waals surface area contributed by atoms with Crippen LogP contribution in [0.5, 0.6) is 0 Å². The standard InChI is InChI=1S/C34H25N5/c1-24-36-31-21-20-27(22-32(31)39(24)28-16-9-4-10-17-28)34-37-35-23-38(34)33-29(25-12-5-2-6-13-25)18-11-19-30(33)26-14-7-3-8-15-26/h2-23H,1H3. The van der Waals surface area contributed by atoms with Crippen molar-refractivity contribution in [1.82, 2.24) is 24.3 Å². The lowest BCUT2D eigenvalue weighted by atomic mass is 9.95. The van der Waals surface area contributed by atoms with E-state index in [0.29, 0.717) is 0 Å². The van der Waals surface area contributed by atoms with Gasteiger partial charge < -0.3 is 0 Å². The lowest BCUT2D eigenvalue weighted by Crippen LogP contribution is -2.02. The Balaban J connectivity index is 1.46. The molecule has 186 valence electrons. The number of aryl methyl sites for hydroxylation is 1. The summed E-state index contributed by atoms with van der Waals surface area (Å²) in [5, 5.41) is 9.03. The number of para-hydroxylation sites is 2. The molecule has 0 atom stereocenters. The Morgan fingerprint density at radius 3 is 1.85 bits per heavy atom. The van der Waals surface area contributed by atoms with E-state index in [2.05, 4.69) is 116 Å². The molecular formula is C34H25N5. The molecule has 0 bridgehead atoms. The second-order valence-corrected chi connectivity index (χ2v) is 9.49. The van der Waals surface area contributed by atoms with Crippen molar-refractivity contribution < 1.29 is 0 Å². The molecule has 39 heavy (non-hydrogen) atoms. The molecule has 0 aliphatic carbocycles. The molecule has 0 saturated carbocycles. The fraction of sp³-hybridized carbons (Fsp3) is 0.0294. The summed E-state index contributed by atoms with van der Waals surface area (Å²) in [6, 6.07) is 44.0. The second kappa shape index (κ2) is 9.54. The second-order valence-electron chi connectivity index (χ2n) is 9.49. The molecule has 0 amide bonds. The van der Waals surface area contributed by atoms with Crippen LogP contribution in [-0.2, 0) is 0 Å². The summed E-state index contributed by atoms with van der Waals surface area (Å²) in [6.45, 7) is 2.04. The van der Waals surface area contributed by atoms with Gasteiger partial charge in [-0.05, 0) is 48.4 Å². The molecule has 2 aromatic heterocycles. The van der Waals surface area contributed by atoms with Crippen LogP contribution >= 0.6 is 0 Å². The SMILES string of the molecule is Cc1nc2ccc(-c3nncn3-c3c(-c4ccccc4)cccc3-c3ccccc3)cc2n1-c1ccccc1. The minimum Gasteiger partial charge on any atom is -0.297 e. The van der Waals surface area contributed by atoms with Crippen LogP contribution in [0.1, 0.15) is 5.82 Å². The van der Waals surface area contributed by atoms with E-state index in [9.17, 15) is 0 Å². The van der Waals surface area contributed by atoms with Crippen molar-refractivity contribution in [2.75, 3.05) is 0 Å². The van der Waals surface area contributed by atoms with Crippen molar-refractivity contribution in [3.8, 4) is 45.0 Å². The first kappa shape index (κ1) is 22.9. The van der Waals surface area contributed by atoms with Crippen LogP contribution < -0.4 is 0 Å².